The average molecular weight is 231 g/mol. The molecular formula is C11H21NO4. The summed E-state index contributed by atoms with van der Waals surface area (Å²) < 4.78 is 5.41. The van der Waals surface area contributed by atoms with Gasteiger partial charge in [0.15, 0.2) is 0 Å². The van der Waals surface area contributed by atoms with Crippen LogP contribution >= 0.6 is 0 Å². The standard InChI is InChI=1S/C11H21NO4/c1-3-11(7-13,8-14)12-9(15)10(2)5-4-6-16-10/h13-14H,3-8H2,1-2H3,(H,12,15). The van der Waals surface area contributed by atoms with Crippen LogP contribution in [0.2, 0.25) is 0 Å². The first-order chi connectivity index (χ1) is 7.52. The van der Waals surface area contributed by atoms with E-state index in [0.717, 1.165) is 6.42 Å². The molecule has 16 heavy (non-hydrogen) atoms. The maximum atomic E-state index is 12.0. The number of aliphatic hydroxyl groups excluding tert-OH is 2. The van der Waals surface area contributed by atoms with Crippen LogP contribution in [-0.2, 0) is 9.53 Å². The number of carbonyl (C=O) groups excluding carboxylic acids is 1. The quantitative estimate of drug-likeness (QED) is 0.612. The molecule has 1 saturated heterocycles. The van der Waals surface area contributed by atoms with Crippen molar-refractivity contribution in [2.24, 2.45) is 0 Å². The van der Waals surface area contributed by atoms with Crippen LogP contribution in [0, 0.1) is 0 Å². The van der Waals surface area contributed by atoms with Gasteiger partial charge < -0.3 is 20.3 Å². The van der Waals surface area contributed by atoms with Gasteiger partial charge in [-0.1, -0.05) is 6.92 Å². The van der Waals surface area contributed by atoms with E-state index in [9.17, 15) is 15.0 Å². The Hall–Kier alpha value is -0.650. The fourth-order valence-electron chi connectivity index (χ4n) is 1.77. The summed E-state index contributed by atoms with van der Waals surface area (Å²) >= 11 is 0. The second-order valence-corrected chi connectivity index (χ2v) is 4.59. The molecule has 1 rings (SSSR count). The highest BCUT2D eigenvalue weighted by molar-refractivity contribution is 5.85. The summed E-state index contributed by atoms with van der Waals surface area (Å²) in [6.45, 7) is 3.58. The Morgan fingerprint density at radius 2 is 2.12 bits per heavy atom. The van der Waals surface area contributed by atoms with Gasteiger partial charge >= 0.3 is 0 Å². The van der Waals surface area contributed by atoms with Gasteiger partial charge in [-0.05, 0) is 26.2 Å². The van der Waals surface area contributed by atoms with Crippen molar-refractivity contribution in [2.75, 3.05) is 19.8 Å². The molecule has 0 aliphatic carbocycles. The molecule has 1 fully saturated rings. The van der Waals surface area contributed by atoms with Gasteiger partial charge in [0, 0.05) is 6.61 Å². The Kier molecular flexibility index (Phi) is 4.29. The van der Waals surface area contributed by atoms with Gasteiger partial charge in [0.25, 0.3) is 5.91 Å². The molecular weight excluding hydrogens is 210 g/mol. The summed E-state index contributed by atoms with van der Waals surface area (Å²) in [4.78, 5) is 12.0. The fourth-order valence-corrected chi connectivity index (χ4v) is 1.77. The van der Waals surface area contributed by atoms with E-state index < -0.39 is 11.1 Å². The van der Waals surface area contributed by atoms with Crippen molar-refractivity contribution in [3.8, 4) is 0 Å². The molecule has 1 atom stereocenters. The molecule has 0 aromatic heterocycles. The van der Waals surface area contributed by atoms with E-state index >= 15 is 0 Å². The molecule has 0 aromatic carbocycles. The second kappa shape index (κ2) is 5.12. The smallest absolute Gasteiger partial charge is 0.252 e. The number of nitrogens with one attached hydrogen (secondary N) is 1. The molecule has 5 nitrogen and oxygen atoms in total. The minimum Gasteiger partial charge on any atom is -0.394 e. The highest BCUT2D eigenvalue weighted by atomic mass is 16.5. The van der Waals surface area contributed by atoms with Crippen molar-refractivity contribution in [1.82, 2.24) is 5.32 Å². The number of hydrogen-bond acceptors (Lipinski definition) is 4. The minimum atomic E-state index is -0.938. The summed E-state index contributed by atoms with van der Waals surface area (Å²) in [6, 6.07) is 0. The first-order valence-corrected chi connectivity index (χ1v) is 5.70. The molecule has 0 spiro atoms. The lowest BCUT2D eigenvalue weighted by Gasteiger charge is -2.33. The molecule has 0 aromatic rings. The predicted molar refractivity (Wildman–Crippen MR) is 58.9 cm³/mol. The number of ether oxygens (including phenoxy) is 1. The van der Waals surface area contributed by atoms with E-state index in [1.54, 1.807) is 6.92 Å². The Bertz CT molecular complexity index is 236. The van der Waals surface area contributed by atoms with Gasteiger partial charge in [-0.15, -0.1) is 0 Å². The van der Waals surface area contributed by atoms with Crippen LogP contribution in [0.5, 0.6) is 0 Å². The Labute approximate surface area is 95.8 Å². The van der Waals surface area contributed by atoms with E-state index in [0.29, 0.717) is 19.4 Å². The Morgan fingerprint density at radius 3 is 2.50 bits per heavy atom. The molecule has 3 N–H and O–H groups in total. The van der Waals surface area contributed by atoms with Crippen LogP contribution in [0.4, 0.5) is 0 Å². The van der Waals surface area contributed by atoms with E-state index in [2.05, 4.69) is 5.32 Å². The first-order valence-electron chi connectivity index (χ1n) is 5.70. The Balaban J connectivity index is 2.68. The number of aliphatic hydroxyl groups is 2. The van der Waals surface area contributed by atoms with Crippen molar-refractivity contribution in [1.29, 1.82) is 0 Å². The van der Waals surface area contributed by atoms with E-state index in [-0.39, 0.29) is 19.1 Å². The summed E-state index contributed by atoms with van der Waals surface area (Å²) in [6.07, 6.45) is 2.01. The van der Waals surface area contributed by atoms with Crippen LogP contribution in [0.15, 0.2) is 0 Å². The van der Waals surface area contributed by atoms with E-state index in [1.165, 1.54) is 0 Å². The van der Waals surface area contributed by atoms with Crippen LogP contribution in [0.1, 0.15) is 33.1 Å². The van der Waals surface area contributed by atoms with Crippen molar-refractivity contribution >= 4 is 5.91 Å². The topological polar surface area (TPSA) is 78.8 Å². The molecule has 5 heteroatoms. The monoisotopic (exact) mass is 231 g/mol. The normalized spacial score (nSPS) is 25.8. The third-order valence-corrected chi connectivity index (χ3v) is 3.36. The summed E-state index contributed by atoms with van der Waals surface area (Å²) in [5, 5.41) is 21.2. The van der Waals surface area contributed by atoms with Crippen molar-refractivity contribution in [3.63, 3.8) is 0 Å². The lowest BCUT2D eigenvalue weighted by Crippen LogP contribution is -2.59. The van der Waals surface area contributed by atoms with Gasteiger partial charge in [-0.25, -0.2) is 0 Å². The molecule has 1 heterocycles. The van der Waals surface area contributed by atoms with Crippen molar-refractivity contribution < 1.29 is 19.7 Å². The van der Waals surface area contributed by atoms with Gasteiger partial charge in [-0.3, -0.25) is 4.79 Å². The summed E-state index contributed by atoms with van der Waals surface area (Å²) in [5.41, 5.74) is -1.75. The molecule has 0 saturated carbocycles. The van der Waals surface area contributed by atoms with Crippen LogP contribution < -0.4 is 5.32 Å². The van der Waals surface area contributed by atoms with Crippen LogP contribution in [0.3, 0.4) is 0 Å². The van der Waals surface area contributed by atoms with Gasteiger partial charge in [-0.2, -0.15) is 0 Å². The van der Waals surface area contributed by atoms with Crippen molar-refractivity contribution in [2.45, 2.75) is 44.2 Å². The number of amides is 1. The molecule has 1 unspecified atom stereocenters. The van der Waals surface area contributed by atoms with E-state index in [4.69, 9.17) is 4.74 Å². The second-order valence-electron chi connectivity index (χ2n) is 4.59. The third kappa shape index (κ3) is 2.53. The molecule has 94 valence electrons. The first kappa shape index (κ1) is 13.4. The lowest BCUT2D eigenvalue weighted by molar-refractivity contribution is -0.143. The summed E-state index contributed by atoms with van der Waals surface area (Å²) in [5.74, 6) is -0.255. The number of hydrogen-bond donors (Lipinski definition) is 3. The highest BCUT2D eigenvalue weighted by Crippen LogP contribution is 2.26. The summed E-state index contributed by atoms with van der Waals surface area (Å²) in [7, 11) is 0. The maximum Gasteiger partial charge on any atom is 0.252 e. The molecule has 1 amide bonds. The van der Waals surface area contributed by atoms with Gasteiger partial charge in [0.2, 0.25) is 0 Å². The van der Waals surface area contributed by atoms with Gasteiger partial charge in [0.05, 0.1) is 18.8 Å². The van der Waals surface area contributed by atoms with Crippen molar-refractivity contribution in [3.05, 3.63) is 0 Å². The largest absolute Gasteiger partial charge is 0.394 e. The fraction of sp³-hybridized carbons (Fsp3) is 0.909. The zero-order valence-electron chi connectivity index (χ0n) is 9.95. The highest BCUT2D eigenvalue weighted by Gasteiger charge is 2.41. The van der Waals surface area contributed by atoms with E-state index in [1.807, 2.05) is 6.92 Å². The maximum absolute atomic E-state index is 12.0. The Morgan fingerprint density at radius 1 is 1.50 bits per heavy atom. The number of rotatable bonds is 5. The van der Waals surface area contributed by atoms with Gasteiger partial charge in [0.1, 0.15) is 5.60 Å². The average Bonchev–Trinajstić information content (AvgIpc) is 2.74. The predicted octanol–water partition coefficient (Wildman–Crippen LogP) is -0.195. The molecule has 1 aliphatic heterocycles. The number of carbonyl (C=O) groups is 1. The van der Waals surface area contributed by atoms with Crippen LogP contribution in [0.25, 0.3) is 0 Å². The third-order valence-electron chi connectivity index (χ3n) is 3.36. The minimum absolute atomic E-state index is 0.255. The SMILES string of the molecule is CCC(CO)(CO)NC(=O)C1(C)CCCO1. The zero-order chi connectivity index (χ0) is 12.2. The zero-order valence-corrected chi connectivity index (χ0v) is 9.95. The molecule has 0 radical (unpaired) electrons. The van der Waals surface area contributed by atoms with Crippen LogP contribution in [-0.4, -0.2) is 47.1 Å². The lowest BCUT2D eigenvalue weighted by atomic mass is 9.95. The molecule has 1 aliphatic rings. The molecule has 0 bridgehead atoms.